The molecule has 0 unspecified atom stereocenters. The zero-order chi connectivity index (χ0) is 17.2. The van der Waals surface area contributed by atoms with Crippen LogP contribution in [0.3, 0.4) is 0 Å². The molecule has 3 rings (SSSR count). The van der Waals surface area contributed by atoms with Crippen molar-refractivity contribution in [3.8, 4) is 0 Å². The topological polar surface area (TPSA) is 82.1 Å². The van der Waals surface area contributed by atoms with Gasteiger partial charge in [-0.15, -0.1) is 0 Å². The maximum absolute atomic E-state index is 13.1. The van der Waals surface area contributed by atoms with Gasteiger partial charge in [-0.2, -0.15) is 11.8 Å². The summed E-state index contributed by atoms with van der Waals surface area (Å²) >= 11 is 5.01. The van der Waals surface area contributed by atoms with Crippen molar-refractivity contribution in [3.05, 3.63) is 52.3 Å². The third-order valence-electron chi connectivity index (χ3n) is 3.71. The van der Waals surface area contributed by atoms with E-state index in [9.17, 15) is 13.6 Å². The van der Waals surface area contributed by atoms with Crippen molar-refractivity contribution < 1.29 is 8.42 Å². The van der Waals surface area contributed by atoms with Gasteiger partial charge in [-0.3, -0.25) is 4.72 Å². The van der Waals surface area contributed by atoms with Gasteiger partial charge < -0.3 is 9.85 Å². The second-order valence-electron chi connectivity index (χ2n) is 5.39. The van der Waals surface area contributed by atoms with Gasteiger partial charge in [0, 0.05) is 22.2 Å². The number of nitrogens with zero attached hydrogens (tertiary/aromatic N) is 2. The molecule has 9 heteroatoms. The molecule has 1 fully saturated rings. The number of anilines is 1. The molecule has 1 aromatic heterocycles. The fourth-order valence-electron chi connectivity index (χ4n) is 2.48. The summed E-state index contributed by atoms with van der Waals surface area (Å²) in [5.74, 6) is 1.66. The number of aromatic nitrogens is 1. The summed E-state index contributed by atoms with van der Waals surface area (Å²) in [7, 11) is -3.78. The molecule has 1 saturated heterocycles. The lowest BCUT2D eigenvalue weighted by atomic mass is 10.3. The second-order valence-corrected chi connectivity index (χ2v) is 9.21. The van der Waals surface area contributed by atoms with Gasteiger partial charge in [0.25, 0.3) is 15.8 Å². The van der Waals surface area contributed by atoms with Crippen LogP contribution in [0.1, 0.15) is 0 Å². The lowest BCUT2D eigenvalue weighted by Crippen LogP contribution is -2.50. The number of pyridine rings is 1. The summed E-state index contributed by atoms with van der Waals surface area (Å²) < 4.78 is 27.7. The van der Waals surface area contributed by atoms with Crippen LogP contribution in [0.15, 0.2) is 52.0 Å². The quantitative estimate of drug-likeness (QED) is 0.595. The Labute approximate surface area is 153 Å². The first-order valence-corrected chi connectivity index (χ1v) is 10.7. The summed E-state index contributed by atoms with van der Waals surface area (Å²) in [6.45, 7) is 0.749. The van der Waals surface area contributed by atoms with E-state index in [0.29, 0.717) is 17.6 Å². The minimum absolute atomic E-state index is 0.141. The Bertz CT molecular complexity index is 825. The van der Waals surface area contributed by atoms with Gasteiger partial charge in [0.2, 0.25) is 0 Å². The summed E-state index contributed by atoms with van der Waals surface area (Å²) in [6, 6.07) is 9.64. The van der Waals surface area contributed by atoms with Crippen LogP contribution in [0.25, 0.3) is 0 Å². The Kier molecular flexibility index (Phi) is 5.16. The van der Waals surface area contributed by atoms with E-state index >= 15 is 0 Å². The molecule has 1 aliphatic rings. The highest BCUT2D eigenvalue weighted by atomic mass is 79.9. The number of thioether (sulfide) groups is 1. The number of nitrogens with one attached hydrogen (secondary N) is 1. The molecule has 24 heavy (non-hydrogen) atoms. The van der Waals surface area contributed by atoms with E-state index in [2.05, 4.69) is 25.6 Å². The molecule has 0 aliphatic carbocycles. The normalized spacial score (nSPS) is 17.4. The number of benzene rings is 1. The van der Waals surface area contributed by atoms with Crippen LogP contribution < -0.4 is 9.37 Å². The number of hydrogen-bond acceptors (Lipinski definition) is 5. The van der Waals surface area contributed by atoms with Crippen LogP contribution in [0.5, 0.6) is 0 Å². The van der Waals surface area contributed by atoms with E-state index in [1.807, 2.05) is 0 Å². The zero-order valence-corrected chi connectivity index (χ0v) is 15.9. The van der Waals surface area contributed by atoms with E-state index in [0.717, 1.165) is 11.5 Å². The largest absolute Gasteiger partial charge is 0.626 e. The molecule has 0 saturated carbocycles. The first kappa shape index (κ1) is 17.7. The number of hydroxylamine groups is 2. The highest BCUT2D eigenvalue weighted by molar-refractivity contribution is 9.10. The Balaban J connectivity index is 2.00. The maximum Gasteiger partial charge on any atom is 0.262 e. The molecule has 6 nitrogen and oxygen atoms in total. The molecule has 0 amide bonds. The average molecular weight is 430 g/mol. The van der Waals surface area contributed by atoms with Gasteiger partial charge in [0.15, 0.2) is 0 Å². The van der Waals surface area contributed by atoms with Gasteiger partial charge in [0.05, 0.1) is 18.0 Å². The SMILES string of the molecule is O=S(=O)(Nc1cc(Br)cnc1[N+]1([O-])CCSCC1)c1ccccc1. The molecule has 0 radical (unpaired) electrons. The van der Waals surface area contributed by atoms with Crippen LogP contribution in [0, 0.1) is 5.21 Å². The predicted octanol–water partition coefficient (Wildman–Crippen LogP) is 3.20. The summed E-state index contributed by atoms with van der Waals surface area (Å²) in [4.78, 5) is 4.37. The van der Waals surface area contributed by atoms with E-state index in [-0.39, 0.29) is 16.4 Å². The first-order valence-electron chi connectivity index (χ1n) is 7.31. The van der Waals surface area contributed by atoms with Crippen molar-refractivity contribution in [1.82, 2.24) is 9.63 Å². The third-order valence-corrected chi connectivity index (χ3v) is 6.47. The molecule has 2 heterocycles. The highest BCUT2D eigenvalue weighted by Crippen LogP contribution is 2.34. The van der Waals surface area contributed by atoms with Crippen LogP contribution in [0.4, 0.5) is 11.5 Å². The summed E-state index contributed by atoms with van der Waals surface area (Å²) in [5.41, 5.74) is 0.218. The minimum atomic E-state index is -3.78. The minimum Gasteiger partial charge on any atom is -0.626 e. The molecule has 0 atom stereocenters. The van der Waals surface area contributed by atoms with E-state index < -0.39 is 14.7 Å². The van der Waals surface area contributed by atoms with E-state index in [1.165, 1.54) is 18.3 Å². The van der Waals surface area contributed by atoms with Crippen LogP contribution in [-0.4, -0.2) is 38.0 Å². The molecule has 1 N–H and O–H groups in total. The van der Waals surface area contributed by atoms with E-state index in [1.54, 1.807) is 36.0 Å². The lowest BCUT2D eigenvalue weighted by molar-refractivity contribution is 0.399. The monoisotopic (exact) mass is 429 g/mol. The number of halogens is 1. The molecule has 128 valence electrons. The fourth-order valence-corrected chi connectivity index (χ4v) is 4.94. The average Bonchev–Trinajstić information content (AvgIpc) is 2.56. The summed E-state index contributed by atoms with van der Waals surface area (Å²) in [6.07, 6.45) is 1.52. The van der Waals surface area contributed by atoms with Crippen molar-refractivity contribution in [2.24, 2.45) is 0 Å². The Hall–Kier alpha value is -1.13. The number of quaternary nitrogens is 1. The molecule has 1 aliphatic heterocycles. The van der Waals surface area contributed by atoms with Crippen molar-refractivity contribution >= 4 is 49.2 Å². The number of sulfonamides is 1. The smallest absolute Gasteiger partial charge is 0.262 e. The predicted molar refractivity (Wildman–Crippen MR) is 101 cm³/mol. The van der Waals surface area contributed by atoms with Crippen LogP contribution >= 0.6 is 27.7 Å². The van der Waals surface area contributed by atoms with Crippen molar-refractivity contribution in [2.45, 2.75) is 4.90 Å². The van der Waals surface area contributed by atoms with Crippen molar-refractivity contribution in [2.75, 3.05) is 29.3 Å². The Morgan fingerprint density at radius 3 is 2.54 bits per heavy atom. The number of rotatable bonds is 4. The van der Waals surface area contributed by atoms with Crippen LogP contribution in [0.2, 0.25) is 0 Å². The molecule has 1 aromatic carbocycles. The molecule has 0 bridgehead atoms. The fraction of sp³-hybridized carbons (Fsp3) is 0.267. The van der Waals surface area contributed by atoms with Crippen molar-refractivity contribution in [1.29, 1.82) is 0 Å². The standard InChI is InChI=1S/C15H16BrN3O3S2/c16-12-10-14(18-24(21,22)13-4-2-1-3-5-13)15(17-11-12)19(20)6-8-23-9-7-19/h1-5,10-11,18H,6-9H2. The second kappa shape index (κ2) is 7.01. The Morgan fingerprint density at radius 1 is 1.21 bits per heavy atom. The van der Waals surface area contributed by atoms with Gasteiger partial charge in [0.1, 0.15) is 5.69 Å². The molecular weight excluding hydrogens is 414 g/mol. The number of hydrogen-bond donors (Lipinski definition) is 1. The Morgan fingerprint density at radius 2 is 1.88 bits per heavy atom. The third kappa shape index (κ3) is 3.75. The molecule has 0 spiro atoms. The maximum atomic E-state index is 13.1. The first-order chi connectivity index (χ1) is 11.4. The lowest BCUT2D eigenvalue weighted by Gasteiger charge is -2.43. The van der Waals surface area contributed by atoms with Gasteiger partial charge in [-0.05, 0) is 34.1 Å². The van der Waals surface area contributed by atoms with Crippen molar-refractivity contribution in [3.63, 3.8) is 0 Å². The van der Waals surface area contributed by atoms with Gasteiger partial charge >= 0.3 is 0 Å². The van der Waals surface area contributed by atoms with Gasteiger partial charge in [-0.1, -0.05) is 18.2 Å². The highest BCUT2D eigenvalue weighted by Gasteiger charge is 2.30. The van der Waals surface area contributed by atoms with Crippen LogP contribution in [-0.2, 0) is 10.0 Å². The van der Waals surface area contributed by atoms with E-state index in [4.69, 9.17) is 0 Å². The summed E-state index contributed by atoms with van der Waals surface area (Å²) in [5, 5.41) is 13.1. The molecule has 2 aromatic rings. The van der Waals surface area contributed by atoms with Gasteiger partial charge in [-0.25, -0.2) is 13.4 Å². The zero-order valence-electron chi connectivity index (χ0n) is 12.7. The molecular formula is C15H16BrN3O3S2.